The summed E-state index contributed by atoms with van der Waals surface area (Å²) >= 11 is 1.85. The number of hydrogen-bond acceptors (Lipinski definition) is 5. The topological polar surface area (TPSA) is 58.1 Å². The van der Waals surface area contributed by atoms with Crippen LogP contribution in [0.2, 0.25) is 0 Å². The largest absolute Gasteiger partial charge is 0.354 e. The van der Waals surface area contributed by atoms with Gasteiger partial charge in [-0.25, -0.2) is 14.4 Å². The first kappa shape index (κ1) is 18.7. The number of carbonyl (C=O) groups excluding carboxylic acids is 1. The van der Waals surface area contributed by atoms with E-state index >= 15 is 0 Å². The van der Waals surface area contributed by atoms with Crippen LogP contribution >= 0.6 is 11.8 Å². The van der Waals surface area contributed by atoms with Crippen LogP contribution in [0.3, 0.4) is 0 Å². The van der Waals surface area contributed by atoms with E-state index in [9.17, 15) is 9.18 Å². The van der Waals surface area contributed by atoms with Crippen LogP contribution in [-0.2, 0) is 0 Å². The van der Waals surface area contributed by atoms with Crippen molar-refractivity contribution < 1.29 is 9.18 Å². The molecule has 0 bridgehead atoms. The molecule has 1 aliphatic heterocycles. The number of aryl methyl sites for hydroxylation is 2. The van der Waals surface area contributed by atoms with Gasteiger partial charge in [0, 0.05) is 47.6 Å². The van der Waals surface area contributed by atoms with Gasteiger partial charge in [0.25, 0.3) is 5.91 Å². The number of hydrogen-bond donors (Lipinski definition) is 1. The molecular weight excluding hydrogens is 375 g/mol. The van der Waals surface area contributed by atoms with Crippen molar-refractivity contribution in [3.8, 4) is 0 Å². The molecule has 7 heteroatoms. The molecule has 0 unspecified atom stereocenters. The highest BCUT2D eigenvalue weighted by molar-refractivity contribution is 7.99. The number of halogens is 1. The Labute approximate surface area is 167 Å². The highest BCUT2D eigenvalue weighted by atomic mass is 32.2. The Morgan fingerprint density at radius 1 is 1.18 bits per heavy atom. The van der Waals surface area contributed by atoms with Crippen LogP contribution in [0.1, 0.15) is 21.6 Å². The highest BCUT2D eigenvalue weighted by Crippen LogP contribution is 2.30. The minimum Gasteiger partial charge on any atom is -0.354 e. The molecule has 0 saturated carbocycles. The van der Waals surface area contributed by atoms with Gasteiger partial charge in [0.2, 0.25) is 0 Å². The van der Waals surface area contributed by atoms with Crippen molar-refractivity contribution in [1.82, 2.24) is 14.9 Å². The lowest BCUT2D eigenvalue weighted by atomic mass is 10.1. The van der Waals surface area contributed by atoms with E-state index in [1.807, 2.05) is 35.7 Å². The molecule has 3 aromatic rings. The second-order valence-electron chi connectivity index (χ2n) is 6.86. The van der Waals surface area contributed by atoms with Gasteiger partial charge >= 0.3 is 0 Å². The summed E-state index contributed by atoms with van der Waals surface area (Å²) in [6, 6.07) is 8.65. The van der Waals surface area contributed by atoms with Crippen LogP contribution < -0.4 is 5.32 Å². The predicted molar refractivity (Wildman–Crippen MR) is 112 cm³/mol. The van der Waals surface area contributed by atoms with E-state index in [4.69, 9.17) is 0 Å². The third kappa shape index (κ3) is 3.67. The van der Waals surface area contributed by atoms with Crippen molar-refractivity contribution >= 4 is 40.1 Å². The van der Waals surface area contributed by atoms with Gasteiger partial charge in [-0.3, -0.25) is 4.79 Å². The normalized spacial score (nSPS) is 14.3. The average Bonchev–Trinajstić information content (AvgIpc) is 2.71. The summed E-state index contributed by atoms with van der Waals surface area (Å²) in [6.45, 7) is 5.07. The summed E-state index contributed by atoms with van der Waals surface area (Å²) in [5.74, 6) is 1.57. The first-order chi connectivity index (χ1) is 13.5. The molecule has 0 spiro atoms. The maximum absolute atomic E-state index is 13.7. The number of fused-ring (bicyclic) bond motifs is 1. The van der Waals surface area contributed by atoms with Gasteiger partial charge in [0.15, 0.2) is 5.65 Å². The number of nitrogens with zero attached hydrogens (tertiary/aromatic N) is 3. The van der Waals surface area contributed by atoms with Crippen molar-refractivity contribution in [3.05, 3.63) is 59.2 Å². The number of amides is 1. The first-order valence-electron chi connectivity index (χ1n) is 9.19. The Hall–Kier alpha value is -2.67. The molecule has 1 aromatic carbocycles. The van der Waals surface area contributed by atoms with Crippen molar-refractivity contribution in [3.63, 3.8) is 0 Å². The third-order valence-corrected chi connectivity index (χ3v) is 5.77. The van der Waals surface area contributed by atoms with E-state index in [1.165, 1.54) is 6.07 Å². The van der Waals surface area contributed by atoms with Crippen LogP contribution in [-0.4, -0.2) is 45.4 Å². The van der Waals surface area contributed by atoms with Crippen LogP contribution in [0, 0.1) is 19.7 Å². The monoisotopic (exact) mass is 396 g/mol. The van der Waals surface area contributed by atoms with E-state index in [0.717, 1.165) is 41.4 Å². The SMILES string of the molecule is Cc1ccc2c(Nc3ccc(F)c(C)c3)c(C(=O)N3CCSCC3)cnc2n1. The molecule has 0 radical (unpaired) electrons. The second kappa shape index (κ2) is 7.75. The molecule has 0 atom stereocenters. The summed E-state index contributed by atoms with van der Waals surface area (Å²) in [5, 5.41) is 4.09. The Morgan fingerprint density at radius 3 is 2.71 bits per heavy atom. The Morgan fingerprint density at radius 2 is 1.96 bits per heavy atom. The van der Waals surface area contributed by atoms with Crippen molar-refractivity contribution in [1.29, 1.82) is 0 Å². The molecule has 1 aliphatic rings. The summed E-state index contributed by atoms with van der Waals surface area (Å²) in [4.78, 5) is 24.0. The summed E-state index contributed by atoms with van der Waals surface area (Å²) in [6.07, 6.45) is 1.59. The number of rotatable bonds is 3. The van der Waals surface area contributed by atoms with E-state index < -0.39 is 0 Å². The smallest absolute Gasteiger partial charge is 0.257 e. The molecular formula is C21H21FN4OS. The van der Waals surface area contributed by atoms with Crippen LogP contribution in [0.25, 0.3) is 11.0 Å². The fourth-order valence-electron chi connectivity index (χ4n) is 3.27. The van der Waals surface area contributed by atoms with E-state index in [0.29, 0.717) is 22.5 Å². The van der Waals surface area contributed by atoms with Gasteiger partial charge in [-0.1, -0.05) is 0 Å². The lowest BCUT2D eigenvalue weighted by Gasteiger charge is -2.27. The molecule has 1 fully saturated rings. The molecule has 1 N–H and O–H groups in total. The number of carbonyl (C=O) groups is 1. The van der Waals surface area contributed by atoms with Crippen molar-refractivity contribution in [2.45, 2.75) is 13.8 Å². The molecule has 3 heterocycles. The fraction of sp³-hybridized carbons (Fsp3) is 0.286. The van der Waals surface area contributed by atoms with Crippen LogP contribution in [0.5, 0.6) is 0 Å². The zero-order valence-corrected chi connectivity index (χ0v) is 16.6. The highest BCUT2D eigenvalue weighted by Gasteiger charge is 2.23. The Balaban J connectivity index is 1.81. The second-order valence-corrected chi connectivity index (χ2v) is 8.09. The van der Waals surface area contributed by atoms with E-state index in [-0.39, 0.29) is 11.7 Å². The fourth-order valence-corrected chi connectivity index (χ4v) is 4.18. The van der Waals surface area contributed by atoms with Crippen LogP contribution in [0.15, 0.2) is 36.5 Å². The quantitative estimate of drug-likeness (QED) is 0.715. The van der Waals surface area contributed by atoms with Gasteiger partial charge < -0.3 is 10.2 Å². The van der Waals surface area contributed by atoms with E-state index in [1.54, 1.807) is 25.3 Å². The predicted octanol–water partition coefficient (Wildman–Crippen LogP) is 4.32. The van der Waals surface area contributed by atoms with Gasteiger partial charge in [-0.2, -0.15) is 11.8 Å². The lowest BCUT2D eigenvalue weighted by molar-refractivity contribution is 0.0773. The maximum atomic E-state index is 13.7. The minimum atomic E-state index is -0.260. The zero-order valence-electron chi connectivity index (χ0n) is 15.8. The average molecular weight is 396 g/mol. The lowest BCUT2D eigenvalue weighted by Crippen LogP contribution is -2.38. The van der Waals surface area contributed by atoms with Crippen LogP contribution in [0.4, 0.5) is 15.8 Å². The molecule has 144 valence electrons. The molecule has 4 rings (SSSR count). The van der Waals surface area contributed by atoms with Gasteiger partial charge in [0.05, 0.1) is 11.3 Å². The minimum absolute atomic E-state index is 0.0448. The van der Waals surface area contributed by atoms with Gasteiger partial charge in [-0.05, 0) is 49.7 Å². The summed E-state index contributed by atoms with van der Waals surface area (Å²) in [5.41, 5.74) is 3.86. The Kier molecular flexibility index (Phi) is 5.17. The number of aromatic nitrogens is 2. The Bertz CT molecular complexity index is 1050. The number of benzene rings is 1. The molecule has 2 aromatic heterocycles. The van der Waals surface area contributed by atoms with Gasteiger partial charge in [0.1, 0.15) is 5.82 Å². The number of nitrogens with one attached hydrogen (secondary N) is 1. The number of pyridine rings is 2. The maximum Gasteiger partial charge on any atom is 0.257 e. The summed E-state index contributed by atoms with van der Waals surface area (Å²) in [7, 11) is 0. The number of thioether (sulfide) groups is 1. The van der Waals surface area contributed by atoms with Gasteiger partial charge in [-0.15, -0.1) is 0 Å². The summed E-state index contributed by atoms with van der Waals surface area (Å²) < 4.78 is 13.7. The first-order valence-corrected chi connectivity index (χ1v) is 10.3. The van der Waals surface area contributed by atoms with Crippen molar-refractivity contribution in [2.24, 2.45) is 0 Å². The van der Waals surface area contributed by atoms with Crippen molar-refractivity contribution in [2.75, 3.05) is 29.9 Å². The molecule has 28 heavy (non-hydrogen) atoms. The molecule has 5 nitrogen and oxygen atoms in total. The number of anilines is 2. The third-order valence-electron chi connectivity index (χ3n) is 4.82. The zero-order chi connectivity index (χ0) is 19.7. The molecule has 1 amide bonds. The standard InChI is InChI=1S/C21H21FN4OS/c1-13-11-15(4-6-18(13)22)25-19-16-5-3-14(2)24-20(16)23-12-17(19)21(27)26-7-9-28-10-8-26/h3-6,11-12H,7-10H2,1-2H3,(H,23,24,25). The van der Waals surface area contributed by atoms with E-state index in [2.05, 4.69) is 15.3 Å². The molecule has 0 aliphatic carbocycles. The molecule has 1 saturated heterocycles.